The predicted molar refractivity (Wildman–Crippen MR) is 60.9 cm³/mol. The van der Waals surface area contributed by atoms with E-state index in [1.807, 2.05) is 6.07 Å². The van der Waals surface area contributed by atoms with Gasteiger partial charge < -0.3 is 9.52 Å². The Morgan fingerprint density at radius 3 is 2.72 bits per heavy atom. The average molecular weight is 263 g/mol. The van der Waals surface area contributed by atoms with E-state index >= 15 is 0 Å². The summed E-state index contributed by atoms with van der Waals surface area (Å²) in [4.78, 5) is 10.9. The van der Waals surface area contributed by atoms with Gasteiger partial charge in [-0.05, 0) is 42.1 Å². The molecule has 2 aromatic rings. The van der Waals surface area contributed by atoms with E-state index < -0.39 is 11.8 Å². The molecule has 0 amide bonds. The lowest BCUT2D eigenvalue weighted by Gasteiger charge is -2.00. The molecule has 1 heterocycles. The van der Waals surface area contributed by atoms with Crippen LogP contribution in [0.1, 0.15) is 16.1 Å². The van der Waals surface area contributed by atoms with Crippen LogP contribution in [0.3, 0.4) is 0 Å². The molecule has 0 saturated carbocycles. The normalized spacial score (nSPS) is 10.0. The van der Waals surface area contributed by atoms with Crippen LogP contribution in [0.4, 0.5) is 4.39 Å². The standard InChI is InChI=1S/C12H6FNO3S/c13-8-5-7(6-14)1-3-10(8)18-11-4-2-9(17-11)12(15)16/h1-5H,(H,15,16). The summed E-state index contributed by atoms with van der Waals surface area (Å²) in [5.41, 5.74) is 0.225. The van der Waals surface area contributed by atoms with Gasteiger partial charge in [0.05, 0.1) is 16.5 Å². The van der Waals surface area contributed by atoms with Gasteiger partial charge in [0.25, 0.3) is 0 Å². The van der Waals surface area contributed by atoms with E-state index in [4.69, 9.17) is 14.8 Å². The van der Waals surface area contributed by atoms with E-state index in [1.165, 1.54) is 24.3 Å². The summed E-state index contributed by atoms with van der Waals surface area (Å²) in [6, 6.07) is 8.61. The maximum atomic E-state index is 13.6. The van der Waals surface area contributed by atoms with Gasteiger partial charge in [0, 0.05) is 0 Å². The van der Waals surface area contributed by atoms with Crippen molar-refractivity contribution < 1.29 is 18.7 Å². The van der Waals surface area contributed by atoms with Gasteiger partial charge in [-0.2, -0.15) is 5.26 Å². The average Bonchev–Trinajstić information content (AvgIpc) is 2.80. The molecule has 0 fully saturated rings. The minimum Gasteiger partial charge on any atom is -0.475 e. The first-order chi connectivity index (χ1) is 8.60. The van der Waals surface area contributed by atoms with E-state index in [9.17, 15) is 9.18 Å². The minimum atomic E-state index is -1.18. The maximum absolute atomic E-state index is 13.6. The van der Waals surface area contributed by atoms with E-state index in [0.717, 1.165) is 17.8 Å². The number of benzene rings is 1. The van der Waals surface area contributed by atoms with Crippen molar-refractivity contribution in [3.8, 4) is 6.07 Å². The second kappa shape index (κ2) is 4.94. The molecule has 4 nitrogen and oxygen atoms in total. The van der Waals surface area contributed by atoms with Gasteiger partial charge in [-0.3, -0.25) is 0 Å². The number of rotatable bonds is 3. The van der Waals surface area contributed by atoms with Gasteiger partial charge in [-0.1, -0.05) is 0 Å². The molecule has 1 aromatic heterocycles. The smallest absolute Gasteiger partial charge is 0.371 e. The SMILES string of the molecule is N#Cc1ccc(Sc2ccc(C(=O)O)o2)c(F)c1. The maximum Gasteiger partial charge on any atom is 0.371 e. The van der Waals surface area contributed by atoms with Crippen molar-refractivity contribution in [2.24, 2.45) is 0 Å². The minimum absolute atomic E-state index is 0.202. The molecule has 0 saturated heterocycles. The van der Waals surface area contributed by atoms with Gasteiger partial charge in [0.15, 0.2) is 5.09 Å². The number of carboxylic acids is 1. The van der Waals surface area contributed by atoms with Crippen LogP contribution >= 0.6 is 11.8 Å². The number of furan rings is 1. The first kappa shape index (κ1) is 12.2. The quantitative estimate of drug-likeness (QED) is 0.920. The summed E-state index contributed by atoms with van der Waals surface area (Å²) < 4.78 is 18.6. The Labute approximate surface area is 106 Å². The summed E-state index contributed by atoms with van der Waals surface area (Å²) in [7, 11) is 0. The Hall–Kier alpha value is -2.26. The topological polar surface area (TPSA) is 74.2 Å². The van der Waals surface area contributed by atoms with Gasteiger partial charge in [-0.25, -0.2) is 9.18 Å². The van der Waals surface area contributed by atoms with Crippen LogP contribution in [-0.4, -0.2) is 11.1 Å². The highest BCUT2D eigenvalue weighted by Gasteiger charge is 2.12. The lowest BCUT2D eigenvalue weighted by Crippen LogP contribution is -1.91. The van der Waals surface area contributed by atoms with Gasteiger partial charge in [0.2, 0.25) is 5.76 Å². The Balaban J connectivity index is 2.23. The Morgan fingerprint density at radius 2 is 2.17 bits per heavy atom. The van der Waals surface area contributed by atoms with Crippen LogP contribution in [0.25, 0.3) is 0 Å². The van der Waals surface area contributed by atoms with Crippen LogP contribution in [0.2, 0.25) is 0 Å². The van der Waals surface area contributed by atoms with E-state index in [2.05, 4.69) is 0 Å². The third kappa shape index (κ3) is 2.52. The fourth-order valence-electron chi connectivity index (χ4n) is 1.25. The first-order valence-electron chi connectivity index (χ1n) is 4.81. The molecule has 2 rings (SSSR count). The number of carboxylic acid groups (broad SMARTS) is 1. The summed E-state index contributed by atoms with van der Waals surface area (Å²) in [5, 5.41) is 17.5. The molecule has 0 spiro atoms. The van der Waals surface area contributed by atoms with E-state index in [1.54, 1.807) is 0 Å². The zero-order chi connectivity index (χ0) is 13.1. The first-order valence-corrected chi connectivity index (χ1v) is 5.62. The number of hydrogen-bond acceptors (Lipinski definition) is 4. The van der Waals surface area contributed by atoms with Crippen LogP contribution in [0, 0.1) is 17.1 Å². The lowest BCUT2D eigenvalue weighted by atomic mass is 10.2. The lowest BCUT2D eigenvalue weighted by molar-refractivity contribution is 0.0656. The predicted octanol–water partition coefficient (Wildman–Crippen LogP) is 3.14. The summed E-state index contributed by atoms with van der Waals surface area (Å²) in [6.07, 6.45) is 0. The second-order valence-corrected chi connectivity index (χ2v) is 4.33. The number of nitrogens with zero attached hydrogens (tertiary/aromatic N) is 1. The fourth-order valence-corrected chi connectivity index (χ4v) is 2.03. The highest BCUT2D eigenvalue weighted by atomic mass is 32.2. The largest absolute Gasteiger partial charge is 0.475 e. The molecule has 0 aliphatic rings. The van der Waals surface area contributed by atoms with Gasteiger partial charge >= 0.3 is 5.97 Å². The summed E-state index contributed by atoms with van der Waals surface area (Å²) in [6.45, 7) is 0. The van der Waals surface area contributed by atoms with Crippen molar-refractivity contribution in [2.75, 3.05) is 0 Å². The zero-order valence-electron chi connectivity index (χ0n) is 8.88. The van der Waals surface area contributed by atoms with Gasteiger partial charge in [0.1, 0.15) is 5.82 Å². The molecule has 18 heavy (non-hydrogen) atoms. The summed E-state index contributed by atoms with van der Waals surface area (Å²) >= 11 is 0.957. The Morgan fingerprint density at radius 1 is 1.39 bits per heavy atom. The van der Waals surface area contributed by atoms with Crippen molar-refractivity contribution in [3.05, 3.63) is 47.5 Å². The van der Waals surface area contributed by atoms with Crippen molar-refractivity contribution in [3.63, 3.8) is 0 Å². The molecule has 90 valence electrons. The zero-order valence-corrected chi connectivity index (χ0v) is 9.70. The number of hydrogen-bond donors (Lipinski definition) is 1. The summed E-state index contributed by atoms with van der Waals surface area (Å²) in [5.74, 6) is -1.93. The third-order valence-corrected chi connectivity index (χ3v) is 3.04. The highest BCUT2D eigenvalue weighted by Crippen LogP contribution is 2.31. The molecule has 6 heteroatoms. The van der Waals surface area contributed by atoms with Crippen molar-refractivity contribution in [1.82, 2.24) is 0 Å². The van der Waals surface area contributed by atoms with E-state index in [0.29, 0.717) is 0 Å². The molecule has 1 aromatic carbocycles. The molecule has 1 N–H and O–H groups in total. The third-order valence-electron chi connectivity index (χ3n) is 2.06. The molecule has 0 atom stereocenters. The van der Waals surface area contributed by atoms with Crippen LogP contribution in [0.15, 0.2) is 44.7 Å². The van der Waals surface area contributed by atoms with Crippen LogP contribution in [-0.2, 0) is 0 Å². The van der Waals surface area contributed by atoms with E-state index in [-0.39, 0.29) is 21.3 Å². The Bertz CT molecular complexity index is 645. The molecular weight excluding hydrogens is 257 g/mol. The number of nitriles is 1. The molecule has 0 radical (unpaired) electrons. The fraction of sp³-hybridized carbons (Fsp3) is 0. The number of aromatic carboxylic acids is 1. The van der Waals surface area contributed by atoms with Gasteiger partial charge in [-0.15, -0.1) is 0 Å². The van der Waals surface area contributed by atoms with Crippen LogP contribution in [0.5, 0.6) is 0 Å². The highest BCUT2D eigenvalue weighted by molar-refractivity contribution is 7.99. The van der Waals surface area contributed by atoms with Crippen LogP contribution < -0.4 is 0 Å². The molecule has 0 bridgehead atoms. The second-order valence-electron chi connectivity index (χ2n) is 3.28. The molecular formula is C12H6FNO3S. The molecule has 0 unspecified atom stereocenters. The van der Waals surface area contributed by atoms with Crippen molar-refractivity contribution in [2.45, 2.75) is 9.99 Å². The number of halogens is 1. The number of carbonyl (C=O) groups is 1. The molecule has 0 aliphatic heterocycles. The van der Waals surface area contributed by atoms with Crippen molar-refractivity contribution >= 4 is 17.7 Å². The van der Waals surface area contributed by atoms with Crippen molar-refractivity contribution in [1.29, 1.82) is 5.26 Å². The monoisotopic (exact) mass is 263 g/mol. The Kier molecular flexibility index (Phi) is 3.35. The molecule has 0 aliphatic carbocycles.